The lowest BCUT2D eigenvalue weighted by Crippen LogP contribution is -2.27. The lowest BCUT2D eigenvalue weighted by molar-refractivity contribution is -0.119. The Bertz CT molecular complexity index is 491. The van der Waals surface area contributed by atoms with Crippen LogP contribution in [0.4, 0.5) is 5.69 Å². The molecule has 1 aromatic carbocycles. The predicted octanol–water partition coefficient (Wildman–Crippen LogP) is 3.05. The summed E-state index contributed by atoms with van der Waals surface area (Å²) in [5.74, 6) is 0.0488. The quantitative estimate of drug-likeness (QED) is 0.768. The third kappa shape index (κ3) is 1.97. The molecule has 3 nitrogen and oxygen atoms in total. The summed E-state index contributed by atoms with van der Waals surface area (Å²) in [6.45, 7) is 8.01. The number of nitrogens with zero attached hydrogens (tertiary/aromatic N) is 2. The number of rotatable bonds is 2. The first-order chi connectivity index (χ1) is 8.04. The molecule has 1 atom stereocenters. The summed E-state index contributed by atoms with van der Waals surface area (Å²) in [5, 5.41) is 5.94. The van der Waals surface area contributed by atoms with E-state index in [1.165, 1.54) is 5.56 Å². The van der Waals surface area contributed by atoms with Crippen LogP contribution in [0.2, 0.25) is 0 Å². The third-order valence-electron chi connectivity index (χ3n) is 3.26. The van der Waals surface area contributed by atoms with Gasteiger partial charge >= 0.3 is 0 Å². The lowest BCUT2D eigenvalue weighted by atomic mass is 10.0. The van der Waals surface area contributed by atoms with Gasteiger partial charge in [-0.1, -0.05) is 24.6 Å². The van der Waals surface area contributed by atoms with E-state index in [2.05, 4.69) is 11.2 Å². The van der Waals surface area contributed by atoms with E-state index in [1.54, 1.807) is 5.01 Å². The SMILES string of the molecule is CC[C@H]1C(=O)N(c2ccc(C)cc2C)N=C1C. The Kier molecular flexibility index (Phi) is 3.01. The first kappa shape index (κ1) is 11.8. The summed E-state index contributed by atoms with van der Waals surface area (Å²) < 4.78 is 0. The molecule has 0 aliphatic carbocycles. The van der Waals surface area contributed by atoms with Crippen molar-refractivity contribution in [3.8, 4) is 0 Å². The molecule has 0 radical (unpaired) electrons. The number of anilines is 1. The molecule has 0 saturated heterocycles. The highest BCUT2D eigenvalue weighted by Gasteiger charge is 2.33. The summed E-state index contributed by atoms with van der Waals surface area (Å²) in [6, 6.07) is 6.06. The first-order valence-corrected chi connectivity index (χ1v) is 6.01. The maximum absolute atomic E-state index is 12.2. The highest BCUT2D eigenvalue weighted by molar-refractivity contribution is 6.14. The topological polar surface area (TPSA) is 32.7 Å². The van der Waals surface area contributed by atoms with E-state index in [1.807, 2.05) is 39.8 Å². The third-order valence-corrected chi connectivity index (χ3v) is 3.26. The van der Waals surface area contributed by atoms with E-state index < -0.39 is 0 Å². The van der Waals surface area contributed by atoms with Crippen molar-refractivity contribution in [1.29, 1.82) is 0 Å². The molecule has 90 valence electrons. The van der Waals surface area contributed by atoms with Crippen LogP contribution in [0.25, 0.3) is 0 Å². The Balaban J connectivity index is 2.39. The fraction of sp³-hybridized carbons (Fsp3) is 0.429. The average molecular weight is 230 g/mol. The standard InChI is InChI=1S/C14H18N2O/c1-5-12-11(4)15-16(14(12)17)13-7-6-9(2)8-10(13)3/h6-8,12H,5H2,1-4H3/t12-/m1/s1. The van der Waals surface area contributed by atoms with Gasteiger partial charge in [0.1, 0.15) is 0 Å². The number of benzene rings is 1. The normalized spacial score (nSPS) is 19.8. The maximum Gasteiger partial charge on any atom is 0.256 e. The number of hydrogen-bond donors (Lipinski definition) is 0. The number of carbonyl (C=O) groups excluding carboxylic acids is 1. The van der Waals surface area contributed by atoms with Gasteiger partial charge in [0.15, 0.2) is 0 Å². The van der Waals surface area contributed by atoms with Gasteiger partial charge in [-0.25, -0.2) is 0 Å². The van der Waals surface area contributed by atoms with Gasteiger partial charge in [0.05, 0.1) is 11.6 Å². The second kappa shape index (κ2) is 4.32. The molecule has 0 fully saturated rings. The van der Waals surface area contributed by atoms with Crippen LogP contribution in [0.5, 0.6) is 0 Å². The molecule has 0 spiro atoms. The Morgan fingerprint density at radius 1 is 1.29 bits per heavy atom. The monoisotopic (exact) mass is 230 g/mol. The van der Waals surface area contributed by atoms with Crippen LogP contribution in [0, 0.1) is 19.8 Å². The zero-order chi connectivity index (χ0) is 12.6. The van der Waals surface area contributed by atoms with Crippen LogP contribution in [-0.2, 0) is 4.79 Å². The lowest BCUT2D eigenvalue weighted by Gasteiger charge is -2.16. The Hall–Kier alpha value is -1.64. The van der Waals surface area contributed by atoms with Crippen molar-refractivity contribution in [1.82, 2.24) is 0 Å². The highest BCUT2D eigenvalue weighted by atomic mass is 16.2. The molecule has 3 heteroatoms. The molecular formula is C14H18N2O. The van der Waals surface area contributed by atoms with Crippen molar-refractivity contribution in [2.45, 2.75) is 34.1 Å². The average Bonchev–Trinajstić information content (AvgIpc) is 2.54. The Morgan fingerprint density at radius 2 is 2.00 bits per heavy atom. The minimum atomic E-state index is -0.0456. The molecule has 0 saturated carbocycles. The molecule has 0 bridgehead atoms. The van der Waals surface area contributed by atoms with Gasteiger partial charge in [-0.05, 0) is 38.8 Å². The van der Waals surface area contributed by atoms with Gasteiger partial charge in [-0.3, -0.25) is 4.79 Å². The van der Waals surface area contributed by atoms with E-state index in [0.29, 0.717) is 0 Å². The fourth-order valence-corrected chi connectivity index (χ4v) is 2.29. The number of carbonyl (C=O) groups is 1. The van der Waals surface area contributed by atoms with Crippen LogP contribution in [-0.4, -0.2) is 11.6 Å². The van der Waals surface area contributed by atoms with Gasteiger partial charge in [0.2, 0.25) is 0 Å². The number of hydrogen-bond acceptors (Lipinski definition) is 2. The van der Waals surface area contributed by atoms with Crippen molar-refractivity contribution < 1.29 is 4.79 Å². The molecule has 1 aliphatic heterocycles. The second-order valence-electron chi connectivity index (χ2n) is 4.64. The van der Waals surface area contributed by atoms with E-state index in [4.69, 9.17) is 0 Å². The molecule has 1 aliphatic rings. The zero-order valence-corrected chi connectivity index (χ0v) is 10.8. The minimum Gasteiger partial charge on any atom is -0.272 e. The Morgan fingerprint density at radius 3 is 2.53 bits per heavy atom. The molecule has 2 rings (SSSR count). The summed E-state index contributed by atoms with van der Waals surface area (Å²) in [5.41, 5.74) is 4.10. The van der Waals surface area contributed by atoms with Gasteiger partial charge in [0.25, 0.3) is 5.91 Å². The zero-order valence-electron chi connectivity index (χ0n) is 10.8. The highest BCUT2D eigenvalue weighted by Crippen LogP contribution is 2.28. The van der Waals surface area contributed by atoms with E-state index in [-0.39, 0.29) is 11.8 Å². The summed E-state index contributed by atoms with van der Waals surface area (Å²) in [4.78, 5) is 12.2. The molecule has 1 heterocycles. The molecule has 1 aromatic rings. The Labute approximate surface area is 102 Å². The first-order valence-electron chi connectivity index (χ1n) is 6.01. The fourth-order valence-electron chi connectivity index (χ4n) is 2.29. The number of aryl methyl sites for hydroxylation is 2. The van der Waals surface area contributed by atoms with Crippen LogP contribution in [0.3, 0.4) is 0 Å². The maximum atomic E-state index is 12.2. The minimum absolute atomic E-state index is 0.0456. The van der Waals surface area contributed by atoms with Crippen LogP contribution >= 0.6 is 0 Å². The van der Waals surface area contributed by atoms with E-state index in [0.717, 1.165) is 23.4 Å². The second-order valence-corrected chi connectivity index (χ2v) is 4.64. The van der Waals surface area contributed by atoms with Crippen molar-refractivity contribution in [2.24, 2.45) is 11.0 Å². The molecule has 1 amide bonds. The van der Waals surface area contributed by atoms with Crippen molar-refractivity contribution in [3.05, 3.63) is 29.3 Å². The number of amides is 1. The van der Waals surface area contributed by atoms with E-state index in [9.17, 15) is 4.79 Å². The number of hydrazone groups is 1. The molecular weight excluding hydrogens is 212 g/mol. The van der Waals surface area contributed by atoms with Gasteiger partial charge in [-0.15, -0.1) is 0 Å². The largest absolute Gasteiger partial charge is 0.272 e. The summed E-state index contributed by atoms with van der Waals surface area (Å²) >= 11 is 0. The molecule has 0 N–H and O–H groups in total. The van der Waals surface area contributed by atoms with Crippen LogP contribution < -0.4 is 5.01 Å². The summed E-state index contributed by atoms with van der Waals surface area (Å²) in [7, 11) is 0. The smallest absolute Gasteiger partial charge is 0.256 e. The van der Waals surface area contributed by atoms with Crippen molar-refractivity contribution >= 4 is 17.3 Å². The molecule has 0 unspecified atom stereocenters. The molecule has 0 aromatic heterocycles. The van der Waals surface area contributed by atoms with Crippen molar-refractivity contribution in [2.75, 3.05) is 5.01 Å². The van der Waals surface area contributed by atoms with Gasteiger partial charge < -0.3 is 0 Å². The van der Waals surface area contributed by atoms with Gasteiger partial charge in [-0.2, -0.15) is 10.1 Å². The predicted molar refractivity (Wildman–Crippen MR) is 70.3 cm³/mol. The molecule has 17 heavy (non-hydrogen) atoms. The van der Waals surface area contributed by atoms with Crippen LogP contribution in [0.15, 0.2) is 23.3 Å². The van der Waals surface area contributed by atoms with Gasteiger partial charge in [0, 0.05) is 5.71 Å². The van der Waals surface area contributed by atoms with Crippen molar-refractivity contribution in [3.63, 3.8) is 0 Å². The summed E-state index contributed by atoms with van der Waals surface area (Å²) in [6.07, 6.45) is 0.815. The van der Waals surface area contributed by atoms with Crippen LogP contribution in [0.1, 0.15) is 31.4 Å². The van der Waals surface area contributed by atoms with E-state index >= 15 is 0 Å².